The summed E-state index contributed by atoms with van der Waals surface area (Å²) in [5, 5.41) is 5.51. The molecule has 1 aromatic rings. The molecule has 0 saturated carbocycles. The Balaban J connectivity index is 2.45. The van der Waals surface area contributed by atoms with Gasteiger partial charge in [-0.15, -0.1) is 0 Å². The van der Waals surface area contributed by atoms with Gasteiger partial charge in [0.15, 0.2) is 0 Å². The molecule has 0 unspecified atom stereocenters. The Morgan fingerprint density at radius 1 is 1.09 bits per heavy atom. The minimum atomic E-state index is -1.15. The molecule has 6 heteroatoms. The average molecular weight is 323 g/mol. The fourth-order valence-electron chi connectivity index (χ4n) is 1.93. The molecule has 2 N–H and O–H groups in total. The van der Waals surface area contributed by atoms with E-state index < -0.39 is 5.41 Å². The number of rotatable bonds is 8. The van der Waals surface area contributed by atoms with Gasteiger partial charge in [0, 0.05) is 13.1 Å². The molecular weight excluding hydrogens is 297 g/mol. The third-order valence-corrected chi connectivity index (χ3v) is 3.57. The molecule has 5 nitrogen and oxygen atoms in total. The number of benzene rings is 1. The molecule has 0 atom stereocenters. The molecule has 0 aliphatic rings. The molecule has 128 valence electrons. The van der Waals surface area contributed by atoms with E-state index >= 15 is 0 Å². The van der Waals surface area contributed by atoms with Crippen molar-refractivity contribution in [1.82, 2.24) is 15.5 Å². The van der Waals surface area contributed by atoms with Crippen molar-refractivity contribution in [3.05, 3.63) is 35.6 Å². The number of nitrogens with zero attached hydrogens (tertiary/aromatic N) is 1. The van der Waals surface area contributed by atoms with Crippen LogP contribution >= 0.6 is 0 Å². The van der Waals surface area contributed by atoms with E-state index in [4.69, 9.17) is 0 Å². The average Bonchev–Trinajstić information content (AvgIpc) is 2.50. The van der Waals surface area contributed by atoms with Crippen LogP contribution in [-0.4, -0.2) is 43.9 Å². The first-order chi connectivity index (χ1) is 10.7. The zero-order chi connectivity index (χ0) is 17.5. The molecule has 0 saturated heterocycles. The number of halogens is 1. The van der Waals surface area contributed by atoms with E-state index in [1.54, 1.807) is 26.0 Å². The predicted molar refractivity (Wildman–Crippen MR) is 88.2 cm³/mol. The van der Waals surface area contributed by atoms with Gasteiger partial charge in [-0.1, -0.05) is 12.1 Å². The van der Waals surface area contributed by atoms with Crippen LogP contribution < -0.4 is 10.6 Å². The minimum Gasteiger partial charge on any atom is -0.355 e. The summed E-state index contributed by atoms with van der Waals surface area (Å²) in [5.74, 6) is -0.975. The number of carbonyl (C=O) groups excluding carboxylic acids is 2. The van der Waals surface area contributed by atoms with Crippen LogP contribution in [0.5, 0.6) is 0 Å². The molecule has 0 heterocycles. The van der Waals surface area contributed by atoms with Gasteiger partial charge in [-0.25, -0.2) is 4.39 Å². The van der Waals surface area contributed by atoms with Crippen LogP contribution in [0.25, 0.3) is 0 Å². The maximum atomic E-state index is 12.8. The van der Waals surface area contributed by atoms with Crippen molar-refractivity contribution < 1.29 is 14.0 Å². The van der Waals surface area contributed by atoms with Gasteiger partial charge in [0.25, 0.3) is 0 Å². The normalized spacial score (nSPS) is 11.4. The monoisotopic (exact) mass is 323 g/mol. The molecule has 0 spiro atoms. The van der Waals surface area contributed by atoms with Crippen molar-refractivity contribution >= 4 is 11.8 Å². The molecule has 0 aromatic heterocycles. The van der Waals surface area contributed by atoms with Crippen molar-refractivity contribution in [1.29, 1.82) is 0 Å². The lowest BCUT2D eigenvalue weighted by molar-refractivity contribution is -0.141. The molecule has 2 amide bonds. The van der Waals surface area contributed by atoms with Crippen molar-refractivity contribution in [3.63, 3.8) is 0 Å². The van der Waals surface area contributed by atoms with Crippen molar-refractivity contribution in [2.75, 3.05) is 27.2 Å². The molecule has 0 aliphatic carbocycles. The molecule has 0 fully saturated rings. The number of amides is 2. The lowest BCUT2D eigenvalue weighted by Crippen LogP contribution is -2.48. The number of hydrogen-bond donors (Lipinski definition) is 2. The Hall–Kier alpha value is -1.95. The maximum absolute atomic E-state index is 12.8. The summed E-state index contributed by atoms with van der Waals surface area (Å²) in [7, 11) is 3.93. The van der Waals surface area contributed by atoms with Gasteiger partial charge in [-0.2, -0.15) is 0 Å². The first-order valence-corrected chi connectivity index (χ1v) is 7.69. The van der Waals surface area contributed by atoms with Crippen LogP contribution in [0, 0.1) is 11.2 Å². The highest BCUT2D eigenvalue weighted by atomic mass is 19.1. The molecule has 1 rings (SSSR count). The first-order valence-electron chi connectivity index (χ1n) is 7.69. The minimum absolute atomic E-state index is 0.260. The van der Waals surface area contributed by atoms with E-state index in [2.05, 4.69) is 10.6 Å². The van der Waals surface area contributed by atoms with Crippen molar-refractivity contribution in [3.8, 4) is 0 Å². The predicted octanol–water partition coefficient (Wildman–Crippen LogP) is 1.54. The Morgan fingerprint density at radius 2 is 1.65 bits per heavy atom. The van der Waals surface area contributed by atoms with Crippen molar-refractivity contribution in [2.45, 2.75) is 26.8 Å². The van der Waals surface area contributed by atoms with Crippen LogP contribution in [0.2, 0.25) is 0 Å². The van der Waals surface area contributed by atoms with Gasteiger partial charge in [-0.3, -0.25) is 9.59 Å². The van der Waals surface area contributed by atoms with Gasteiger partial charge in [0.05, 0.1) is 0 Å². The smallest absolute Gasteiger partial charge is 0.235 e. The SMILES string of the molecule is CN(C)CCCNC(=O)C(C)(C)C(=O)NCc1ccc(F)cc1. The second-order valence-corrected chi connectivity index (χ2v) is 6.35. The molecular formula is C17H26FN3O2. The van der Waals surface area contributed by atoms with E-state index in [1.807, 2.05) is 19.0 Å². The molecule has 23 heavy (non-hydrogen) atoms. The fraction of sp³-hybridized carbons (Fsp3) is 0.529. The quantitative estimate of drug-likeness (QED) is 0.563. The molecule has 0 radical (unpaired) electrons. The van der Waals surface area contributed by atoms with E-state index in [1.165, 1.54) is 12.1 Å². The van der Waals surface area contributed by atoms with Crippen LogP contribution in [0.4, 0.5) is 4.39 Å². The van der Waals surface area contributed by atoms with E-state index in [0.717, 1.165) is 18.5 Å². The fourth-order valence-corrected chi connectivity index (χ4v) is 1.93. The summed E-state index contributed by atoms with van der Waals surface area (Å²) in [5.41, 5.74) is -0.375. The summed E-state index contributed by atoms with van der Waals surface area (Å²) in [6.45, 7) is 4.85. The lowest BCUT2D eigenvalue weighted by Gasteiger charge is -2.23. The van der Waals surface area contributed by atoms with Gasteiger partial charge >= 0.3 is 0 Å². The maximum Gasteiger partial charge on any atom is 0.235 e. The summed E-state index contributed by atoms with van der Waals surface area (Å²) < 4.78 is 12.8. The van der Waals surface area contributed by atoms with Gasteiger partial charge in [-0.05, 0) is 58.6 Å². The van der Waals surface area contributed by atoms with Gasteiger partial charge in [0.1, 0.15) is 11.2 Å². The van der Waals surface area contributed by atoms with Crippen LogP contribution in [0.15, 0.2) is 24.3 Å². The lowest BCUT2D eigenvalue weighted by atomic mass is 9.91. The van der Waals surface area contributed by atoms with Crippen molar-refractivity contribution in [2.24, 2.45) is 5.41 Å². The van der Waals surface area contributed by atoms with E-state index in [0.29, 0.717) is 6.54 Å². The number of carbonyl (C=O) groups is 2. The third kappa shape index (κ3) is 6.36. The second-order valence-electron chi connectivity index (χ2n) is 6.35. The molecule has 0 aliphatic heterocycles. The standard InChI is InChI=1S/C17H26FN3O2/c1-17(2,15(22)19-10-5-11-21(3)4)16(23)20-12-13-6-8-14(18)9-7-13/h6-9H,5,10-12H2,1-4H3,(H,19,22)(H,20,23). The number of nitrogens with one attached hydrogen (secondary N) is 2. The highest BCUT2D eigenvalue weighted by molar-refractivity contribution is 6.04. The molecule has 1 aromatic carbocycles. The Morgan fingerprint density at radius 3 is 2.22 bits per heavy atom. The Bertz CT molecular complexity index is 527. The first kappa shape index (κ1) is 19.1. The van der Waals surface area contributed by atoms with E-state index in [9.17, 15) is 14.0 Å². The summed E-state index contributed by atoms with van der Waals surface area (Å²) in [6.07, 6.45) is 0.825. The van der Waals surface area contributed by atoms with Crippen LogP contribution in [-0.2, 0) is 16.1 Å². The van der Waals surface area contributed by atoms with Crippen LogP contribution in [0.3, 0.4) is 0 Å². The second kappa shape index (κ2) is 8.62. The zero-order valence-electron chi connectivity index (χ0n) is 14.3. The third-order valence-electron chi connectivity index (χ3n) is 3.57. The Labute approximate surface area is 137 Å². The largest absolute Gasteiger partial charge is 0.355 e. The van der Waals surface area contributed by atoms with Gasteiger partial charge < -0.3 is 15.5 Å². The highest BCUT2D eigenvalue weighted by Gasteiger charge is 2.35. The zero-order valence-corrected chi connectivity index (χ0v) is 14.3. The summed E-state index contributed by atoms with van der Waals surface area (Å²) >= 11 is 0. The molecule has 0 bridgehead atoms. The summed E-state index contributed by atoms with van der Waals surface area (Å²) in [4.78, 5) is 26.4. The van der Waals surface area contributed by atoms with E-state index in [-0.39, 0.29) is 24.2 Å². The van der Waals surface area contributed by atoms with Crippen LogP contribution in [0.1, 0.15) is 25.8 Å². The van der Waals surface area contributed by atoms with Gasteiger partial charge in [0.2, 0.25) is 11.8 Å². The summed E-state index contributed by atoms with van der Waals surface area (Å²) in [6, 6.07) is 5.88. The Kier molecular flexibility index (Phi) is 7.16. The highest BCUT2D eigenvalue weighted by Crippen LogP contribution is 2.16. The number of hydrogen-bond acceptors (Lipinski definition) is 3. The topological polar surface area (TPSA) is 61.4 Å².